The number of nitrogens with zero attached hydrogens (tertiary/aromatic N) is 6. The molecule has 0 spiro atoms. The van der Waals surface area contributed by atoms with Crippen molar-refractivity contribution >= 4 is 15.8 Å². The number of halogens is 1. The number of aromatic amines is 1. The molecule has 10 nitrogen and oxygen atoms in total. The van der Waals surface area contributed by atoms with E-state index in [2.05, 4.69) is 20.3 Å². The van der Waals surface area contributed by atoms with Gasteiger partial charge in [-0.15, -0.1) is 0 Å². The van der Waals surface area contributed by atoms with Crippen LogP contribution in [0.3, 0.4) is 0 Å². The van der Waals surface area contributed by atoms with Crippen LogP contribution in [0.5, 0.6) is 0 Å². The lowest BCUT2D eigenvalue weighted by molar-refractivity contribution is -0.492. The van der Waals surface area contributed by atoms with Crippen LogP contribution >= 0.6 is 0 Å². The average Bonchev–Trinajstić information content (AvgIpc) is 3.53. The normalized spacial score (nSPS) is 21.6. The van der Waals surface area contributed by atoms with Gasteiger partial charge < -0.3 is 0 Å². The lowest BCUT2D eigenvalue weighted by Crippen LogP contribution is -2.57. The molecule has 2 atom stereocenters. The van der Waals surface area contributed by atoms with Gasteiger partial charge in [0.1, 0.15) is 11.5 Å². The molecule has 6 rings (SSSR count). The number of carbonyl (C=O) groups excluding carboxylic acids is 1. The minimum Gasteiger partial charge on any atom is -0.292 e. The van der Waals surface area contributed by atoms with Gasteiger partial charge in [0.05, 0.1) is 29.4 Å². The van der Waals surface area contributed by atoms with E-state index in [9.17, 15) is 17.6 Å². The van der Waals surface area contributed by atoms with Crippen LogP contribution in [0.1, 0.15) is 33.7 Å². The SMILES string of the molecule is Cc1ccnc(C(=O)[C@]23Cc4cnn(-c5ccc(F)cc5)c4C[C@@H]2CCN(S(=O)(=O)c2c[nH+]n(C)n2)C3)c1. The molecule has 1 aliphatic heterocycles. The number of sulfonamides is 1. The molecule has 0 radical (unpaired) electrons. The highest BCUT2D eigenvalue weighted by molar-refractivity contribution is 7.89. The summed E-state index contributed by atoms with van der Waals surface area (Å²) in [6.07, 6.45) is 6.04. The quantitative estimate of drug-likeness (QED) is 0.360. The van der Waals surface area contributed by atoms with Gasteiger partial charge in [-0.2, -0.15) is 14.5 Å². The van der Waals surface area contributed by atoms with Crippen molar-refractivity contribution in [2.75, 3.05) is 13.1 Å². The van der Waals surface area contributed by atoms with E-state index in [1.165, 1.54) is 27.4 Å². The third kappa shape index (κ3) is 3.95. The van der Waals surface area contributed by atoms with Crippen molar-refractivity contribution in [1.82, 2.24) is 29.0 Å². The second kappa shape index (κ2) is 8.91. The zero-order chi connectivity index (χ0) is 26.7. The lowest BCUT2D eigenvalue weighted by Gasteiger charge is -2.48. The van der Waals surface area contributed by atoms with Crippen LogP contribution in [0.25, 0.3) is 5.69 Å². The summed E-state index contributed by atoms with van der Waals surface area (Å²) in [7, 11) is -2.32. The van der Waals surface area contributed by atoms with Gasteiger partial charge in [0.25, 0.3) is 10.0 Å². The number of nitrogens with one attached hydrogen (secondary N) is 1. The lowest BCUT2D eigenvalue weighted by atomic mass is 9.60. The maximum Gasteiger partial charge on any atom is 0.346 e. The summed E-state index contributed by atoms with van der Waals surface area (Å²) >= 11 is 0. The third-order valence-corrected chi connectivity index (χ3v) is 9.49. The summed E-state index contributed by atoms with van der Waals surface area (Å²) in [6, 6.07) is 9.71. The Morgan fingerprint density at radius 3 is 2.71 bits per heavy atom. The van der Waals surface area contributed by atoms with E-state index in [4.69, 9.17) is 0 Å². The molecule has 2 aliphatic rings. The molecule has 0 amide bonds. The number of hydrogen-bond donors (Lipinski definition) is 0. The highest BCUT2D eigenvalue weighted by Crippen LogP contribution is 2.48. The molecule has 12 heteroatoms. The number of H-pyrrole nitrogens is 1. The Labute approximate surface area is 219 Å². The number of benzene rings is 1. The molecule has 0 saturated carbocycles. The minimum absolute atomic E-state index is 0.0200. The number of fused-ring (bicyclic) bond motifs is 2. The number of aryl methyl sites for hydroxylation is 2. The summed E-state index contributed by atoms with van der Waals surface area (Å²) in [5.74, 6) is -0.634. The molecule has 4 aromatic rings. The van der Waals surface area contributed by atoms with E-state index in [0.717, 1.165) is 22.5 Å². The number of carbonyl (C=O) groups is 1. The van der Waals surface area contributed by atoms with Crippen molar-refractivity contribution in [1.29, 1.82) is 0 Å². The summed E-state index contributed by atoms with van der Waals surface area (Å²) < 4.78 is 43.8. The summed E-state index contributed by atoms with van der Waals surface area (Å²) in [5.41, 5.74) is 2.78. The summed E-state index contributed by atoms with van der Waals surface area (Å²) in [6.45, 7) is 2.18. The van der Waals surface area contributed by atoms with Crippen LogP contribution in [0.4, 0.5) is 4.39 Å². The van der Waals surface area contributed by atoms with Crippen LogP contribution in [0, 0.1) is 24.1 Å². The molecule has 3 aromatic heterocycles. The van der Waals surface area contributed by atoms with Gasteiger partial charge in [-0.25, -0.2) is 17.5 Å². The molecule has 1 N–H and O–H groups in total. The van der Waals surface area contributed by atoms with Crippen molar-refractivity contribution in [3.8, 4) is 5.69 Å². The summed E-state index contributed by atoms with van der Waals surface area (Å²) in [4.78, 5) is 20.0. The Hall–Kier alpha value is -3.77. The fraction of sp³-hybridized carbons (Fsp3) is 0.346. The van der Waals surface area contributed by atoms with Crippen molar-refractivity contribution in [3.05, 3.63) is 83.3 Å². The first-order chi connectivity index (χ1) is 18.2. The largest absolute Gasteiger partial charge is 0.346 e. The number of ketones is 1. The van der Waals surface area contributed by atoms with Crippen LogP contribution in [0.15, 0.2) is 60.0 Å². The number of rotatable bonds is 5. The zero-order valence-corrected chi connectivity index (χ0v) is 21.8. The van der Waals surface area contributed by atoms with Gasteiger partial charge >= 0.3 is 5.03 Å². The van der Waals surface area contributed by atoms with Crippen LogP contribution in [0.2, 0.25) is 0 Å². The Morgan fingerprint density at radius 1 is 1.21 bits per heavy atom. The first-order valence-corrected chi connectivity index (χ1v) is 13.8. The van der Waals surface area contributed by atoms with Crippen LogP contribution in [-0.4, -0.2) is 56.3 Å². The second-order valence-electron chi connectivity index (χ2n) is 10.1. The Morgan fingerprint density at radius 2 is 2.00 bits per heavy atom. The number of pyridine rings is 1. The molecule has 196 valence electrons. The van der Waals surface area contributed by atoms with Gasteiger partial charge in [-0.3, -0.25) is 9.78 Å². The van der Waals surface area contributed by atoms with Crippen molar-refractivity contribution in [2.24, 2.45) is 18.4 Å². The van der Waals surface area contributed by atoms with Crippen LogP contribution < -0.4 is 5.10 Å². The number of Topliss-reactive ketones (excluding diaryl/α,β-unsaturated/α-hetero) is 1. The molecule has 0 bridgehead atoms. The van der Waals surface area contributed by atoms with Gasteiger partial charge in [-0.05, 0) is 84.4 Å². The average molecular weight is 537 g/mol. The minimum atomic E-state index is -3.93. The molecular weight excluding hydrogens is 509 g/mol. The first kappa shape index (κ1) is 24.6. The predicted octanol–water partition coefficient (Wildman–Crippen LogP) is 1.94. The van der Waals surface area contributed by atoms with E-state index in [1.54, 1.807) is 42.3 Å². The standard InChI is InChI=1S/C26H26FN7O3S/c1-17-7-9-28-22(11-17)25(35)26-13-18-14-30-34(21-5-3-20(27)4-6-21)23(18)12-19(26)8-10-33(16-26)38(36,37)24-15-29-32(2)31-24/h3-7,9,11,14-15,19H,8,10,12-13,16H2,1-2H3/p+1/t19-,26-/m0/s1. The van der Waals surface area contributed by atoms with Crippen molar-refractivity contribution in [2.45, 2.75) is 31.2 Å². The molecule has 38 heavy (non-hydrogen) atoms. The number of hydrogen-bond acceptors (Lipinski definition) is 6. The molecule has 1 fully saturated rings. The van der Waals surface area contributed by atoms with Crippen molar-refractivity contribution < 1.29 is 22.7 Å². The topological polar surface area (TPSA) is 117 Å². The molecule has 0 unspecified atom stereocenters. The van der Waals surface area contributed by atoms with Gasteiger partial charge in [-0.1, -0.05) is 0 Å². The maximum absolute atomic E-state index is 14.3. The highest BCUT2D eigenvalue weighted by Gasteiger charge is 2.55. The van der Waals surface area contributed by atoms with E-state index in [0.29, 0.717) is 25.0 Å². The van der Waals surface area contributed by atoms with Gasteiger partial charge in [0.15, 0.2) is 12.0 Å². The zero-order valence-electron chi connectivity index (χ0n) is 21.0. The summed E-state index contributed by atoms with van der Waals surface area (Å²) in [5, 5.41) is 11.3. The fourth-order valence-electron chi connectivity index (χ4n) is 5.82. The fourth-order valence-corrected chi connectivity index (χ4v) is 7.26. The smallest absolute Gasteiger partial charge is 0.292 e. The Balaban J connectivity index is 1.43. The Bertz CT molecular complexity index is 1650. The maximum atomic E-state index is 14.3. The molecule has 1 aliphatic carbocycles. The monoisotopic (exact) mass is 536 g/mol. The van der Waals surface area contributed by atoms with E-state index in [1.807, 2.05) is 13.0 Å². The predicted molar refractivity (Wildman–Crippen MR) is 133 cm³/mol. The van der Waals surface area contributed by atoms with Crippen molar-refractivity contribution in [3.63, 3.8) is 0 Å². The van der Waals surface area contributed by atoms with Crippen LogP contribution in [-0.2, 0) is 29.9 Å². The molecular formula is C26H27FN7O3S+. The third-order valence-electron chi connectivity index (χ3n) is 7.77. The van der Waals surface area contributed by atoms with Gasteiger partial charge in [0.2, 0.25) is 0 Å². The number of aromatic nitrogens is 6. The molecule has 1 saturated heterocycles. The second-order valence-corrected chi connectivity index (χ2v) is 12.0. The van der Waals surface area contributed by atoms with E-state index in [-0.39, 0.29) is 35.6 Å². The van der Waals surface area contributed by atoms with E-state index < -0.39 is 15.4 Å². The molecule has 4 heterocycles. The van der Waals surface area contributed by atoms with Gasteiger partial charge in [0, 0.05) is 25.0 Å². The number of piperidine rings is 1. The molecule has 1 aromatic carbocycles. The first-order valence-electron chi connectivity index (χ1n) is 12.4. The van der Waals surface area contributed by atoms with E-state index >= 15 is 0 Å². The Kier molecular flexibility index (Phi) is 5.76. The highest BCUT2D eigenvalue weighted by atomic mass is 32.2.